The minimum absolute atomic E-state index is 0.286. The molecule has 98 valence electrons. The summed E-state index contributed by atoms with van der Waals surface area (Å²) in [5, 5.41) is 3.38. The minimum atomic E-state index is 0.286. The fourth-order valence-electron chi connectivity index (χ4n) is 2.35. The van der Waals surface area contributed by atoms with Crippen LogP contribution in [0.3, 0.4) is 0 Å². The molecular weight excluding hydrogens is 224 g/mol. The van der Waals surface area contributed by atoms with E-state index in [0.717, 1.165) is 19.5 Å². The standard InChI is InChI=1S/C15H22N2O/c1-12(2)16-9-6-10-17-14(11-15(17)18)13-7-4-3-5-8-13/h3-5,7-8,12,14,16H,6,9-11H2,1-2H3. The Bertz CT molecular complexity index is 389. The number of hydrogen-bond acceptors (Lipinski definition) is 2. The number of rotatable bonds is 6. The summed E-state index contributed by atoms with van der Waals surface area (Å²) in [5.74, 6) is 0.286. The summed E-state index contributed by atoms with van der Waals surface area (Å²) >= 11 is 0. The monoisotopic (exact) mass is 246 g/mol. The lowest BCUT2D eigenvalue weighted by molar-refractivity contribution is -0.146. The first kappa shape index (κ1) is 13.1. The van der Waals surface area contributed by atoms with Crippen molar-refractivity contribution >= 4 is 5.91 Å². The number of nitrogens with zero attached hydrogens (tertiary/aromatic N) is 1. The van der Waals surface area contributed by atoms with Crippen LogP contribution in [-0.4, -0.2) is 29.9 Å². The first-order valence-corrected chi connectivity index (χ1v) is 6.76. The molecule has 1 N–H and O–H groups in total. The van der Waals surface area contributed by atoms with E-state index in [9.17, 15) is 4.79 Å². The molecule has 1 aromatic carbocycles. The second kappa shape index (κ2) is 6.01. The summed E-state index contributed by atoms with van der Waals surface area (Å²) in [6, 6.07) is 11.1. The second-order valence-electron chi connectivity index (χ2n) is 5.18. The van der Waals surface area contributed by atoms with Crippen molar-refractivity contribution in [2.75, 3.05) is 13.1 Å². The van der Waals surface area contributed by atoms with Gasteiger partial charge in [0, 0.05) is 12.6 Å². The highest BCUT2D eigenvalue weighted by molar-refractivity contribution is 5.83. The van der Waals surface area contributed by atoms with Crippen molar-refractivity contribution < 1.29 is 4.79 Å². The molecule has 1 unspecified atom stereocenters. The summed E-state index contributed by atoms with van der Waals surface area (Å²) < 4.78 is 0. The third kappa shape index (κ3) is 3.10. The van der Waals surface area contributed by atoms with Gasteiger partial charge in [0.05, 0.1) is 12.5 Å². The van der Waals surface area contributed by atoms with Gasteiger partial charge >= 0.3 is 0 Å². The zero-order chi connectivity index (χ0) is 13.0. The molecule has 1 aromatic rings. The van der Waals surface area contributed by atoms with Gasteiger partial charge in [0.1, 0.15) is 0 Å². The van der Waals surface area contributed by atoms with E-state index in [0.29, 0.717) is 18.5 Å². The third-order valence-electron chi connectivity index (χ3n) is 3.38. The maximum atomic E-state index is 11.6. The van der Waals surface area contributed by atoms with E-state index < -0.39 is 0 Å². The molecule has 18 heavy (non-hydrogen) atoms. The molecule has 0 aromatic heterocycles. The van der Waals surface area contributed by atoms with Crippen LogP contribution >= 0.6 is 0 Å². The Labute approximate surface area is 109 Å². The normalized spacial score (nSPS) is 19.2. The molecule has 1 aliphatic rings. The topological polar surface area (TPSA) is 32.3 Å². The van der Waals surface area contributed by atoms with Crippen LogP contribution in [0.1, 0.15) is 38.3 Å². The van der Waals surface area contributed by atoms with Crippen molar-refractivity contribution in [3.05, 3.63) is 35.9 Å². The average molecular weight is 246 g/mol. The van der Waals surface area contributed by atoms with Crippen molar-refractivity contribution in [1.82, 2.24) is 10.2 Å². The van der Waals surface area contributed by atoms with E-state index in [2.05, 4.69) is 31.3 Å². The summed E-state index contributed by atoms with van der Waals surface area (Å²) in [6.45, 7) is 6.12. The first-order valence-electron chi connectivity index (χ1n) is 6.76. The lowest BCUT2D eigenvalue weighted by Crippen LogP contribution is -2.47. The van der Waals surface area contributed by atoms with Gasteiger partial charge in [0.2, 0.25) is 5.91 Å². The van der Waals surface area contributed by atoms with Crippen LogP contribution in [0.5, 0.6) is 0 Å². The molecule has 0 bridgehead atoms. The van der Waals surface area contributed by atoms with Crippen LogP contribution in [0.4, 0.5) is 0 Å². The van der Waals surface area contributed by atoms with E-state index in [-0.39, 0.29) is 5.91 Å². The van der Waals surface area contributed by atoms with E-state index in [1.165, 1.54) is 5.56 Å². The van der Waals surface area contributed by atoms with Crippen LogP contribution in [0, 0.1) is 0 Å². The molecule has 2 rings (SSSR count). The van der Waals surface area contributed by atoms with Crippen molar-refractivity contribution in [1.29, 1.82) is 0 Å². The molecule has 1 atom stereocenters. The molecule has 1 aliphatic heterocycles. The van der Waals surface area contributed by atoms with Crippen LogP contribution in [-0.2, 0) is 4.79 Å². The SMILES string of the molecule is CC(C)NCCCN1C(=O)CC1c1ccccc1. The maximum Gasteiger partial charge on any atom is 0.225 e. The van der Waals surface area contributed by atoms with Gasteiger partial charge in [-0.2, -0.15) is 0 Å². The van der Waals surface area contributed by atoms with E-state index >= 15 is 0 Å². The second-order valence-corrected chi connectivity index (χ2v) is 5.18. The number of carbonyl (C=O) groups is 1. The van der Waals surface area contributed by atoms with Gasteiger partial charge in [-0.05, 0) is 18.5 Å². The molecule has 3 nitrogen and oxygen atoms in total. The highest BCUT2D eigenvalue weighted by atomic mass is 16.2. The lowest BCUT2D eigenvalue weighted by atomic mass is 9.94. The Morgan fingerprint density at radius 3 is 2.67 bits per heavy atom. The summed E-state index contributed by atoms with van der Waals surface area (Å²) in [5.41, 5.74) is 1.26. The average Bonchev–Trinajstić information content (AvgIpc) is 2.36. The van der Waals surface area contributed by atoms with Gasteiger partial charge in [0.15, 0.2) is 0 Å². The molecule has 1 saturated heterocycles. The van der Waals surface area contributed by atoms with Gasteiger partial charge in [-0.15, -0.1) is 0 Å². The highest BCUT2D eigenvalue weighted by Crippen LogP contribution is 2.33. The quantitative estimate of drug-likeness (QED) is 0.617. The fraction of sp³-hybridized carbons (Fsp3) is 0.533. The largest absolute Gasteiger partial charge is 0.335 e. The number of amides is 1. The maximum absolute atomic E-state index is 11.6. The number of β-lactam (4-membered cyclic amide) rings is 1. The summed E-state index contributed by atoms with van der Waals surface area (Å²) in [7, 11) is 0. The molecule has 1 heterocycles. The molecule has 3 heteroatoms. The van der Waals surface area contributed by atoms with Crippen LogP contribution < -0.4 is 5.32 Å². The predicted molar refractivity (Wildman–Crippen MR) is 73.3 cm³/mol. The lowest BCUT2D eigenvalue weighted by Gasteiger charge is -2.41. The minimum Gasteiger partial charge on any atom is -0.335 e. The van der Waals surface area contributed by atoms with Gasteiger partial charge in [-0.25, -0.2) is 0 Å². The number of benzene rings is 1. The molecular formula is C15H22N2O. The predicted octanol–water partition coefficient (Wildman–Crippen LogP) is 2.35. The molecule has 0 aliphatic carbocycles. The Hall–Kier alpha value is -1.35. The van der Waals surface area contributed by atoms with E-state index in [4.69, 9.17) is 0 Å². The van der Waals surface area contributed by atoms with Crippen LogP contribution in [0.15, 0.2) is 30.3 Å². The van der Waals surface area contributed by atoms with Crippen LogP contribution in [0.25, 0.3) is 0 Å². The Kier molecular flexibility index (Phi) is 4.37. The van der Waals surface area contributed by atoms with Crippen molar-refractivity contribution in [3.63, 3.8) is 0 Å². The van der Waals surface area contributed by atoms with E-state index in [1.807, 2.05) is 23.1 Å². The third-order valence-corrected chi connectivity index (χ3v) is 3.38. The summed E-state index contributed by atoms with van der Waals surface area (Å²) in [6.07, 6.45) is 1.69. The number of carbonyl (C=O) groups excluding carboxylic acids is 1. The molecule has 0 radical (unpaired) electrons. The Morgan fingerprint density at radius 1 is 1.33 bits per heavy atom. The fourth-order valence-corrected chi connectivity index (χ4v) is 2.35. The molecule has 1 amide bonds. The summed E-state index contributed by atoms with van der Waals surface area (Å²) in [4.78, 5) is 13.6. The van der Waals surface area contributed by atoms with Gasteiger partial charge in [0.25, 0.3) is 0 Å². The number of nitrogens with one attached hydrogen (secondary N) is 1. The molecule has 0 saturated carbocycles. The smallest absolute Gasteiger partial charge is 0.225 e. The number of likely N-dealkylation sites (tertiary alicyclic amines) is 1. The van der Waals surface area contributed by atoms with Crippen molar-refractivity contribution in [3.8, 4) is 0 Å². The van der Waals surface area contributed by atoms with Gasteiger partial charge < -0.3 is 10.2 Å². The van der Waals surface area contributed by atoms with E-state index in [1.54, 1.807) is 0 Å². The van der Waals surface area contributed by atoms with Gasteiger partial charge in [-0.3, -0.25) is 4.79 Å². The Morgan fingerprint density at radius 2 is 2.06 bits per heavy atom. The van der Waals surface area contributed by atoms with Gasteiger partial charge in [-0.1, -0.05) is 44.2 Å². The molecule has 1 fully saturated rings. The Balaban J connectivity index is 1.82. The van der Waals surface area contributed by atoms with Crippen molar-refractivity contribution in [2.24, 2.45) is 0 Å². The highest BCUT2D eigenvalue weighted by Gasteiger charge is 2.36. The first-order chi connectivity index (χ1) is 8.68. The zero-order valence-electron chi connectivity index (χ0n) is 11.2. The molecule has 0 spiro atoms. The van der Waals surface area contributed by atoms with Crippen LogP contribution in [0.2, 0.25) is 0 Å². The van der Waals surface area contributed by atoms with Crippen molar-refractivity contribution in [2.45, 2.75) is 38.8 Å². The zero-order valence-corrected chi connectivity index (χ0v) is 11.2. The number of hydrogen-bond donors (Lipinski definition) is 1.